The van der Waals surface area contributed by atoms with Crippen LogP contribution >= 0.6 is 11.8 Å². The lowest BCUT2D eigenvalue weighted by atomic mass is 10.1. The smallest absolute Gasteiger partial charge is 0.321 e. The second kappa shape index (κ2) is 8.87. The first-order chi connectivity index (χ1) is 9.58. The summed E-state index contributed by atoms with van der Waals surface area (Å²) in [7, 11) is 1.82. The van der Waals surface area contributed by atoms with Gasteiger partial charge in [-0.25, -0.2) is 4.79 Å². The van der Waals surface area contributed by atoms with Crippen molar-refractivity contribution in [2.75, 3.05) is 37.5 Å². The molecule has 0 heterocycles. The number of amides is 2. The fourth-order valence-corrected chi connectivity index (χ4v) is 2.31. The summed E-state index contributed by atoms with van der Waals surface area (Å²) in [5, 5.41) is 6.31. The third-order valence-electron chi connectivity index (χ3n) is 3.13. The minimum atomic E-state index is -0.0627. The predicted molar refractivity (Wildman–Crippen MR) is 88.6 cm³/mol. The molecule has 0 fully saturated rings. The van der Waals surface area contributed by atoms with Crippen molar-refractivity contribution in [3.63, 3.8) is 0 Å². The summed E-state index contributed by atoms with van der Waals surface area (Å²) in [6.45, 7) is 5.88. The quantitative estimate of drug-likeness (QED) is 0.812. The molecule has 1 aromatic rings. The van der Waals surface area contributed by atoms with Crippen LogP contribution in [0.2, 0.25) is 0 Å². The lowest BCUT2D eigenvalue weighted by molar-refractivity contribution is 0.225. The largest absolute Gasteiger partial charge is 0.327 e. The van der Waals surface area contributed by atoms with Gasteiger partial charge in [0.25, 0.3) is 0 Å². The number of benzene rings is 1. The zero-order valence-electron chi connectivity index (χ0n) is 12.8. The molecule has 1 unspecified atom stereocenters. The van der Waals surface area contributed by atoms with E-state index in [1.165, 1.54) is 5.56 Å². The Balaban J connectivity index is 2.63. The molecule has 1 rings (SSSR count). The van der Waals surface area contributed by atoms with E-state index in [1.54, 1.807) is 16.7 Å². The van der Waals surface area contributed by atoms with E-state index < -0.39 is 0 Å². The van der Waals surface area contributed by atoms with Crippen LogP contribution in [-0.4, -0.2) is 43.1 Å². The maximum atomic E-state index is 12.0. The number of nitrogens with one attached hydrogen (secondary N) is 2. The van der Waals surface area contributed by atoms with E-state index in [1.807, 2.05) is 31.5 Å². The topological polar surface area (TPSA) is 44.4 Å². The molecule has 0 saturated heterocycles. The highest BCUT2D eigenvalue weighted by atomic mass is 32.2. The number of rotatable bonds is 7. The molecular weight excluding hydrogens is 270 g/mol. The number of carbonyl (C=O) groups is 1. The fourth-order valence-electron chi connectivity index (χ4n) is 1.86. The van der Waals surface area contributed by atoms with Gasteiger partial charge in [0.2, 0.25) is 0 Å². The summed E-state index contributed by atoms with van der Waals surface area (Å²) in [6.07, 6.45) is 2.04. The Hall–Kier alpha value is -1.20. The average Bonchev–Trinajstić information content (AvgIpc) is 2.45. The molecule has 1 aromatic carbocycles. The molecule has 112 valence electrons. The van der Waals surface area contributed by atoms with Gasteiger partial charge in [0.05, 0.1) is 0 Å². The highest BCUT2D eigenvalue weighted by Crippen LogP contribution is 2.17. The molecule has 0 saturated carbocycles. The van der Waals surface area contributed by atoms with Crippen LogP contribution in [0, 0.1) is 0 Å². The number of carbonyl (C=O) groups excluding carboxylic acids is 1. The minimum absolute atomic E-state index is 0.0627. The first-order valence-corrected chi connectivity index (χ1v) is 8.32. The van der Waals surface area contributed by atoms with Gasteiger partial charge in [0, 0.05) is 31.1 Å². The van der Waals surface area contributed by atoms with Crippen molar-refractivity contribution >= 4 is 23.5 Å². The first-order valence-electron chi connectivity index (χ1n) is 6.92. The van der Waals surface area contributed by atoms with Gasteiger partial charge in [-0.15, -0.1) is 0 Å². The van der Waals surface area contributed by atoms with Crippen molar-refractivity contribution < 1.29 is 4.79 Å². The van der Waals surface area contributed by atoms with Crippen molar-refractivity contribution in [2.24, 2.45) is 0 Å². The van der Waals surface area contributed by atoms with Crippen LogP contribution in [0.1, 0.15) is 25.5 Å². The predicted octanol–water partition coefficient (Wildman–Crippen LogP) is 3.18. The summed E-state index contributed by atoms with van der Waals surface area (Å²) in [6, 6.07) is 8.20. The van der Waals surface area contributed by atoms with Crippen molar-refractivity contribution in [2.45, 2.75) is 19.9 Å². The van der Waals surface area contributed by atoms with Gasteiger partial charge in [-0.2, -0.15) is 11.8 Å². The van der Waals surface area contributed by atoms with Gasteiger partial charge in [0.15, 0.2) is 0 Å². The monoisotopic (exact) mass is 295 g/mol. The third kappa shape index (κ3) is 5.43. The van der Waals surface area contributed by atoms with E-state index in [0.29, 0.717) is 0 Å². The third-order valence-corrected chi connectivity index (χ3v) is 3.72. The number of urea groups is 1. The number of thioether (sulfide) groups is 1. The molecule has 5 heteroatoms. The normalized spacial score (nSPS) is 12.0. The van der Waals surface area contributed by atoms with Gasteiger partial charge < -0.3 is 15.5 Å². The Morgan fingerprint density at radius 3 is 2.85 bits per heavy atom. The maximum absolute atomic E-state index is 12.0. The van der Waals surface area contributed by atoms with Crippen LogP contribution in [0.15, 0.2) is 24.3 Å². The van der Waals surface area contributed by atoms with Gasteiger partial charge >= 0.3 is 6.03 Å². The number of hydrogen-bond acceptors (Lipinski definition) is 3. The van der Waals surface area contributed by atoms with Gasteiger partial charge in [0.1, 0.15) is 0 Å². The zero-order valence-corrected chi connectivity index (χ0v) is 13.6. The number of anilines is 1. The molecule has 4 nitrogen and oxygen atoms in total. The average molecular weight is 295 g/mol. The van der Waals surface area contributed by atoms with Gasteiger partial charge in [-0.3, -0.25) is 0 Å². The molecule has 1 atom stereocenters. The SMILES string of the molecule is CCNC(C)c1cccc(NC(=O)N(C)CCSC)c1. The lowest BCUT2D eigenvalue weighted by Crippen LogP contribution is -2.33. The molecule has 2 N–H and O–H groups in total. The second-order valence-electron chi connectivity index (χ2n) is 4.75. The molecule has 0 aliphatic heterocycles. The summed E-state index contributed by atoms with van der Waals surface area (Å²) < 4.78 is 0. The summed E-state index contributed by atoms with van der Waals surface area (Å²) in [4.78, 5) is 13.7. The summed E-state index contributed by atoms with van der Waals surface area (Å²) in [5.41, 5.74) is 2.02. The molecular formula is C15H25N3OS. The van der Waals surface area contributed by atoms with E-state index in [4.69, 9.17) is 0 Å². The Morgan fingerprint density at radius 2 is 2.20 bits per heavy atom. The number of hydrogen-bond donors (Lipinski definition) is 2. The highest BCUT2D eigenvalue weighted by molar-refractivity contribution is 7.98. The molecule has 20 heavy (non-hydrogen) atoms. The Morgan fingerprint density at radius 1 is 1.45 bits per heavy atom. The Kier molecular flexibility index (Phi) is 7.47. The molecule has 0 aliphatic rings. The van der Waals surface area contributed by atoms with Crippen LogP contribution in [0.5, 0.6) is 0 Å². The summed E-state index contributed by atoms with van der Waals surface area (Å²) in [5.74, 6) is 0.946. The van der Waals surface area contributed by atoms with Crippen molar-refractivity contribution in [1.82, 2.24) is 10.2 Å². The van der Waals surface area contributed by atoms with Crippen LogP contribution in [0.4, 0.5) is 10.5 Å². The van der Waals surface area contributed by atoms with Crippen molar-refractivity contribution in [1.29, 1.82) is 0 Å². The van der Waals surface area contributed by atoms with Crippen LogP contribution < -0.4 is 10.6 Å². The minimum Gasteiger partial charge on any atom is -0.327 e. The van der Waals surface area contributed by atoms with E-state index >= 15 is 0 Å². The van der Waals surface area contributed by atoms with Gasteiger partial charge in [-0.05, 0) is 37.4 Å². The summed E-state index contributed by atoms with van der Waals surface area (Å²) >= 11 is 1.74. The van der Waals surface area contributed by atoms with Gasteiger partial charge in [-0.1, -0.05) is 19.1 Å². The van der Waals surface area contributed by atoms with Crippen molar-refractivity contribution in [3.8, 4) is 0 Å². The molecule has 0 aromatic heterocycles. The van der Waals surface area contributed by atoms with Crippen molar-refractivity contribution in [3.05, 3.63) is 29.8 Å². The maximum Gasteiger partial charge on any atom is 0.321 e. The van der Waals surface area contributed by atoms with Crippen LogP contribution in [-0.2, 0) is 0 Å². The fraction of sp³-hybridized carbons (Fsp3) is 0.533. The molecule has 0 bridgehead atoms. The number of nitrogens with zero attached hydrogens (tertiary/aromatic N) is 1. The lowest BCUT2D eigenvalue weighted by Gasteiger charge is -2.18. The Labute approximate surface area is 126 Å². The Bertz CT molecular complexity index is 425. The molecule has 2 amide bonds. The first kappa shape index (κ1) is 16.9. The molecule has 0 radical (unpaired) electrons. The molecule has 0 spiro atoms. The van der Waals surface area contributed by atoms with Crippen LogP contribution in [0.3, 0.4) is 0 Å². The zero-order chi connectivity index (χ0) is 15.0. The van der Waals surface area contributed by atoms with E-state index in [0.717, 1.165) is 24.5 Å². The van der Waals surface area contributed by atoms with E-state index in [-0.39, 0.29) is 12.1 Å². The molecule has 0 aliphatic carbocycles. The standard InChI is InChI=1S/C15H25N3OS/c1-5-16-12(2)13-7-6-8-14(11-13)17-15(19)18(3)9-10-20-4/h6-8,11-12,16H,5,9-10H2,1-4H3,(H,17,19). The van der Waals surface area contributed by atoms with Crippen LogP contribution in [0.25, 0.3) is 0 Å². The highest BCUT2D eigenvalue weighted by Gasteiger charge is 2.09. The second-order valence-corrected chi connectivity index (χ2v) is 5.73. The van der Waals surface area contributed by atoms with E-state index in [9.17, 15) is 4.79 Å². The van der Waals surface area contributed by atoms with E-state index in [2.05, 4.69) is 30.5 Å².